The van der Waals surface area contributed by atoms with E-state index >= 15 is 0 Å². The number of morpholine rings is 1. The Morgan fingerprint density at radius 3 is 2.91 bits per heavy atom. The first-order chi connectivity index (χ1) is 11.2. The van der Waals surface area contributed by atoms with E-state index in [1.54, 1.807) is 0 Å². The minimum absolute atomic E-state index is 0.370. The van der Waals surface area contributed by atoms with E-state index < -0.39 is 0 Å². The van der Waals surface area contributed by atoms with Crippen LogP contribution in [-0.4, -0.2) is 53.5 Å². The second-order valence-corrected chi connectivity index (χ2v) is 6.69. The molecular formula is C18H28N4O. The van der Waals surface area contributed by atoms with Gasteiger partial charge in [0.2, 0.25) is 0 Å². The Labute approximate surface area is 138 Å². The minimum Gasteiger partial charge on any atom is -0.373 e. The molecule has 0 spiro atoms. The molecule has 5 nitrogen and oxygen atoms in total. The van der Waals surface area contributed by atoms with E-state index in [-0.39, 0.29) is 0 Å². The molecule has 3 rings (SSSR count). The van der Waals surface area contributed by atoms with Gasteiger partial charge in [0.15, 0.2) is 0 Å². The molecule has 1 fully saturated rings. The maximum Gasteiger partial charge on any atom is 0.0678 e. The monoisotopic (exact) mass is 316 g/mol. The van der Waals surface area contributed by atoms with Crippen molar-refractivity contribution in [1.82, 2.24) is 20.4 Å². The second kappa shape index (κ2) is 7.90. The summed E-state index contributed by atoms with van der Waals surface area (Å²) in [5, 5.41) is 11.8. The highest BCUT2D eigenvalue weighted by molar-refractivity contribution is 5.78. The summed E-state index contributed by atoms with van der Waals surface area (Å²) in [5.74, 6) is 0. The number of aromatic amines is 1. The lowest BCUT2D eigenvalue weighted by Crippen LogP contribution is -2.45. The predicted molar refractivity (Wildman–Crippen MR) is 93.5 cm³/mol. The zero-order chi connectivity index (χ0) is 16.1. The summed E-state index contributed by atoms with van der Waals surface area (Å²) >= 11 is 0. The first-order valence-electron chi connectivity index (χ1n) is 8.71. The maximum absolute atomic E-state index is 5.77. The summed E-state index contributed by atoms with van der Waals surface area (Å²) in [7, 11) is 0. The van der Waals surface area contributed by atoms with Crippen LogP contribution >= 0.6 is 0 Å². The second-order valence-electron chi connectivity index (χ2n) is 6.69. The van der Waals surface area contributed by atoms with Gasteiger partial charge in [0.1, 0.15) is 0 Å². The molecule has 1 aliphatic rings. The molecule has 2 aromatic rings. The quantitative estimate of drug-likeness (QED) is 0.771. The van der Waals surface area contributed by atoms with Gasteiger partial charge in [-0.2, -0.15) is 5.10 Å². The molecule has 0 saturated carbocycles. The summed E-state index contributed by atoms with van der Waals surface area (Å²) in [4.78, 5) is 2.53. The van der Waals surface area contributed by atoms with Crippen LogP contribution in [0.4, 0.5) is 0 Å². The molecule has 0 aliphatic carbocycles. The summed E-state index contributed by atoms with van der Waals surface area (Å²) in [6.07, 6.45) is 5.06. The van der Waals surface area contributed by atoms with Crippen molar-refractivity contribution in [1.29, 1.82) is 0 Å². The van der Waals surface area contributed by atoms with Gasteiger partial charge < -0.3 is 10.1 Å². The molecule has 1 aliphatic heterocycles. The van der Waals surface area contributed by atoms with Crippen molar-refractivity contribution in [2.45, 2.75) is 45.4 Å². The largest absolute Gasteiger partial charge is 0.373 e. The number of aromatic nitrogens is 2. The van der Waals surface area contributed by atoms with Crippen molar-refractivity contribution in [3.63, 3.8) is 0 Å². The Hall–Kier alpha value is -1.43. The number of hydrogen-bond acceptors (Lipinski definition) is 4. The number of fused-ring (bicyclic) bond motifs is 1. The topological polar surface area (TPSA) is 53.2 Å². The lowest BCUT2D eigenvalue weighted by atomic mass is 10.1. The summed E-state index contributed by atoms with van der Waals surface area (Å²) in [6.45, 7) is 9.64. The van der Waals surface area contributed by atoms with E-state index in [1.165, 1.54) is 30.3 Å². The number of H-pyrrole nitrogens is 1. The smallest absolute Gasteiger partial charge is 0.0678 e. The van der Waals surface area contributed by atoms with Crippen molar-refractivity contribution in [3.8, 4) is 0 Å². The van der Waals surface area contributed by atoms with Gasteiger partial charge in [0, 0.05) is 25.0 Å². The fraction of sp³-hybridized carbons (Fsp3) is 0.611. The normalized spacial score (nSPS) is 22.7. The average molecular weight is 316 g/mol. The summed E-state index contributed by atoms with van der Waals surface area (Å²) in [5.41, 5.74) is 2.41. The Morgan fingerprint density at radius 1 is 1.26 bits per heavy atom. The molecule has 1 aromatic carbocycles. The highest BCUT2D eigenvalue weighted by Crippen LogP contribution is 2.13. The van der Waals surface area contributed by atoms with Crippen molar-refractivity contribution in [2.24, 2.45) is 0 Å². The van der Waals surface area contributed by atoms with Gasteiger partial charge in [0.25, 0.3) is 0 Å². The van der Waals surface area contributed by atoms with Crippen molar-refractivity contribution < 1.29 is 4.74 Å². The minimum atomic E-state index is 0.370. The van der Waals surface area contributed by atoms with E-state index in [4.69, 9.17) is 4.74 Å². The van der Waals surface area contributed by atoms with Crippen LogP contribution in [0.1, 0.15) is 32.3 Å². The Morgan fingerprint density at radius 2 is 2.09 bits per heavy atom. The molecule has 0 amide bonds. The Bertz CT molecular complexity index is 602. The van der Waals surface area contributed by atoms with E-state index in [0.29, 0.717) is 12.2 Å². The molecule has 2 heterocycles. The van der Waals surface area contributed by atoms with Crippen LogP contribution in [0.15, 0.2) is 24.4 Å². The molecule has 1 aromatic heterocycles. The van der Waals surface area contributed by atoms with E-state index in [2.05, 4.69) is 52.5 Å². The fourth-order valence-electron chi connectivity index (χ4n) is 3.38. The van der Waals surface area contributed by atoms with Crippen LogP contribution in [0, 0.1) is 0 Å². The SMILES string of the molecule is CC1CN(CCCCNCc2ccc3cn[nH]c3c2)CC(C)O1. The van der Waals surface area contributed by atoms with Gasteiger partial charge in [-0.1, -0.05) is 12.1 Å². The predicted octanol–water partition coefficient (Wildman–Crippen LogP) is 2.54. The molecule has 2 atom stereocenters. The third-order valence-electron chi connectivity index (χ3n) is 4.41. The maximum atomic E-state index is 5.77. The van der Waals surface area contributed by atoms with Crippen LogP contribution in [0.2, 0.25) is 0 Å². The number of nitrogens with one attached hydrogen (secondary N) is 2. The van der Waals surface area contributed by atoms with E-state index in [0.717, 1.165) is 31.7 Å². The van der Waals surface area contributed by atoms with Crippen molar-refractivity contribution in [3.05, 3.63) is 30.0 Å². The van der Waals surface area contributed by atoms with Crippen molar-refractivity contribution >= 4 is 10.9 Å². The Balaban J connectivity index is 1.31. The molecule has 2 unspecified atom stereocenters. The van der Waals surface area contributed by atoms with Gasteiger partial charge in [-0.25, -0.2) is 0 Å². The molecular weight excluding hydrogens is 288 g/mol. The lowest BCUT2D eigenvalue weighted by molar-refractivity contribution is -0.0681. The van der Waals surface area contributed by atoms with Crippen LogP contribution in [0.25, 0.3) is 10.9 Å². The molecule has 0 radical (unpaired) electrons. The number of unbranched alkanes of at least 4 members (excludes halogenated alkanes) is 1. The fourth-order valence-corrected chi connectivity index (χ4v) is 3.38. The third kappa shape index (κ3) is 4.77. The highest BCUT2D eigenvalue weighted by atomic mass is 16.5. The van der Waals surface area contributed by atoms with E-state index in [1.807, 2.05) is 6.20 Å². The standard InChI is InChI=1S/C18H28N4O/c1-14-12-22(13-15(2)23-14)8-4-3-7-19-10-16-5-6-17-11-20-21-18(17)9-16/h5-6,9,11,14-15,19H,3-4,7-8,10,12-13H2,1-2H3,(H,20,21). The van der Waals surface area contributed by atoms with E-state index in [9.17, 15) is 0 Å². The van der Waals surface area contributed by atoms with Crippen LogP contribution in [0.5, 0.6) is 0 Å². The van der Waals surface area contributed by atoms with Crippen LogP contribution in [-0.2, 0) is 11.3 Å². The highest BCUT2D eigenvalue weighted by Gasteiger charge is 2.21. The summed E-state index contributed by atoms with van der Waals surface area (Å²) in [6, 6.07) is 6.46. The first-order valence-corrected chi connectivity index (χ1v) is 8.71. The van der Waals surface area contributed by atoms with Crippen LogP contribution in [0.3, 0.4) is 0 Å². The number of rotatable bonds is 7. The van der Waals surface area contributed by atoms with Gasteiger partial charge in [0.05, 0.1) is 23.9 Å². The number of hydrogen-bond donors (Lipinski definition) is 2. The molecule has 1 saturated heterocycles. The third-order valence-corrected chi connectivity index (χ3v) is 4.41. The zero-order valence-electron chi connectivity index (χ0n) is 14.2. The molecule has 0 bridgehead atoms. The average Bonchev–Trinajstić information content (AvgIpc) is 2.97. The first kappa shape index (κ1) is 16.4. The number of ether oxygens (including phenoxy) is 1. The van der Waals surface area contributed by atoms with Gasteiger partial charge in [-0.3, -0.25) is 10.00 Å². The lowest BCUT2D eigenvalue weighted by Gasteiger charge is -2.35. The van der Waals surface area contributed by atoms with Crippen molar-refractivity contribution in [2.75, 3.05) is 26.2 Å². The zero-order valence-corrected chi connectivity index (χ0v) is 14.2. The number of benzene rings is 1. The summed E-state index contributed by atoms with van der Waals surface area (Å²) < 4.78 is 5.77. The molecule has 23 heavy (non-hydrogen) atoms. The van der Waals surface area contributed by atoms with Crippen LogP contribution < -0.4 is 5.32 Å². The Kier molecular flexibility index (Phi) is 5.65. The number of nitrogens with zero attached hydrogens (tertiary/aromatic N) is 2. The van der Waals surface area contributed by atoms with Gasteiger partial charge in [-0.15, -0.1) is 0 Å². The molecule has 126 valence electrons. The molecule has 2 N–H and O–H groups in total. The van der Waals surface area contributed by atoms with Gasteiger partial charge in [-0.05, 0) is 51.4 Å². The molecule has 5 heteroatoms. The van der Waals surface area contributed by atoms with Gasteiger partial charge >= 0.3 is 0 Å².